The van der Waals surface area contributed by atoms with Gasteiger partial charge in [-0.25, -0.2) is 19.2 Å². The zero-order chi connectivity index (χ0) is 27.6. The van der Waals surface area contributed by atoms with E-state index in [9.17, 15) is 19.2 Å². The quantitative estimate of drug-likeness (QED) is 0.145. The summed E-state index contributed by atoms with van der Waals surface area (Å²) in [6.45, 7) is -1.93. The van der Waals surface area contributed by atoms with Crippen molar-refractivity contribution >= 4 is 35.5 Å². The number of hydrogen-bond acceptors (Lipinski definition) is 12. The van der Waals surface area contributed by atoms with Crippen molar-refractivity contribution in [3.05, 3.63) is 48.5 Å². The molecule has 0 unspecified atom stereocenters. The molecule has 0 aliphatic heterocycles. The predicted molar refractivity (Wildman–Crippen MR) is 130 cm³/mol. The first-order valence-electron chi connectivity index (χ1n) is 11.3. The summed E-state index contributed by atoms with van der Waals surface area (Å²) in [5.41, 5.74) is 0.860. The number of hydrogen-bond donors (Lipinski definition) is 4. The third-order valence-electron chi connectivity index (χ3n) is 4.17. The molecule has 4 N–H and O–H groups in total. The van der Waals surface area contributed by atoms with E-state index in [4.69, 9.17) is 29.2 Å². The number of aliphatic hydroxyl groups is 2. The first kappa shape index (κ1) is 29.7. The fourth-order valence-electron chi connectivity index (χ4n) is 2.53. The normalized spacial score (nSPS) is 10.1. The first-order valence-corrected chi connectivity index (χ1v) is 11.3. The van der Waals surface area contributed by atoms with Crippen LogP contribution in [0.3, 0.4) is 0 Å². The first-order chi connectivity index (χ1) is 18.4. The fourth-order valence-corrected chi connectivity index (χ4v) is 2.53. The maximum Gasteiger partial charge on any atom is 0.411 e. The van der Waals surface area contributed by atoms with Gasteiger partial charge in [0.1, 0.15) is 37.9 Å². The Labute approximate surface area is 217 Å². The third kappa shape index (κ3) is 12.4. The van der Waals surface area contributed by atoms with Crippen LogP contribution in [0.15, 0.2) is 48.5 Å². The van der Waals surface area contributed by atoms with Crippen LogP contribution in [0.25, 0.3) is 0 Å². The molecule has 0 heterocycles. The zero-order valence-electron chi connectivity index (χ0n) is 20.3. The Morgan fingerprint density at radius 1 is 0.553 bits per heavy atom. The van der Waals surface area contributed by atoms with Crippen molar-refractivity contribution in [3.8, 4) is 11.5 Å². The van der Waals surface area contributed by atoms with E-state index in [1.54, 1.807) is 0 Å². The molecule has 14 heteroatoms. The molecular formula is C24H28N2O12. The SMILES string of the molecule is O=C(COc1ccc(NC(=O)OCCO)cc1)OCCOC(=O)COc1ccc(NC(=O)OCCO)cc1. The van der Waals surface area contributed by atoms with Crippen LogP contribution in [0.5, 0.6) is 11.5 Å². The number of aliphatic hydroxyl groups excluding tert-OH is 2. The van der Waals surface area contributed by atoms with Gasteiger partial charge < -0.3 is 38.6 Å². The van der Waals surface area contributed by atoms with Gasteiger partial charge in [-0.3, -0.25) is 10.6 Å². The lowest BCUT2D eigenvalue weighted by Gasteiger charge is -2.10. The summed E-state index contributed by atoms with van der Waals surface area (Å²) in [5.74, 6) is -0.655. The van der Waals surface area contributed by atoms with Gasteiger partial charge in [-0.1, -0.05) is 0 Å². The molecule has 0 bridgehead atoms. The highest BCUT2D eigenvalue weighted by atomic mass is 16.6. The molecule has 0 saturated carbocycles. The van der Waals surface area contributed by atoms with E-state index >= 15 is 0 Å². The summed E-state index contributed by atoms with van der Waals surface area (Å²) >= 11 is 0. The molecular weight excluding hydrogens is 508 g/mol. The number of amides is 2. The van der Waals surface area contributed by atoms with Gasteiger partial charge in [-0.15, -0.1) is 0 Å². The molecule has 38 heavy (non-hydrogen) atoms. The number of carbonyl (C=O) groups is 4. The Bertz CT molecular complexity index is 944. The molecule has 2 amide bonds. The molecule has 0 aliphatic carbocycles. The van der Waals surface area contributed by atoms with E-state index in [0.29, 0.717) is 22.9 Å². The molecule has 206 valence electrons. The number of anilines is 2. The van der Waals surface area contributed by atoms with Crippen molar-refractivity contribution in [1.82, 2.24) is 0 Å². The summed E-state index contributed by atoms with van der Waals surface area (Å²) < 4.78 is 29.8. The molecule has 14 nitrogen and oxygen atoms in total. The smallest absolute Gasteiger partial charge is 0.411 e. The second-order valence-corrected chi connectivity index (χ2v) is 7.04. The molecule has 2 aromatic carbocycles. The van der Waals surface area contributed by atoms with Crippen molar-refractivity contribution < 1.29 is 57.8 Å². The van der Waals surface area contributed by atoms with Crippen molar-refractivity contribution in [2.75, 3.05) is 63.5 Å². The van der Waals surface area contributed by atoms with Crippen molar-refractivity contribution in [1.29, 1.82) is 0 Å². The Balaban J connectivity index is 1.56. The van der Waals surface area contributed by atoms with E-state index in [1.165, 1.54) is 48.5 Å². The van der Waals surface area contributed by atoms with Crippen LogP contribution in [0, 0.1) is 0 Å². The zero-order valence-corrected chi connectivity index (χ0v) is 20.3. The highest BCUT2D eigenvalue weighted by Gasteiger charge is 2.09. The highest BCUT2D eigenvalue weighted by Crippen LogP contribution is 2.17. The fraction of sp³-hybridized carbons (Fsp3) is 0.333. The second-order valence-electron chi connectivity index (χ2n) is 7.04. The lowest BCUT2D eigenvalue weighted by Crippen LogP contribution is -2.21. The summed E-state index contributed by atoms with van der Waals surface area (Å²) in [6.07, 6.45) is -1.43. The largest absolute Gasteiger partial charge is 0.482 e. The van der Waals surface area contributed by atoms with Crippen LogP contribution >= 0.6 is 0 Å². The van der Waals surface area contributed by atoms with Crippen LogP contribution in [0.1, 0.15) is 0 Å². The van der Waals surface area contributed by atoms with E-state index in [2.05, 4.69) is 20.1 Å². The topological polar surface area (TPSA) is 188 Å². The minimum Gasteiger partial charge on any atom is -0.482 e. The number of ether oxygens (including phenoxy) is 6. The molecule has 0 atom stereocenters. The Hall–Kier alpha value is -4.56. The molecule has 0 aliphatic rings. The monoisotopic (exact) mass is 536 g/mol. The number of carbonyl (C=O) groups excluding carboxylic acids is 4. The van der Waals surface area contributed by atoms with Gasteiger partial charge in [-0.2, -0.15) is 0 Å². The molecule has 0 saturated heterocycles. The Morgan fingerprint density at radius 3 is 1.26 bits per heavy atom. The summed E-state index contributed by atoms with van der Waals surface area (Å²) in [6, 6.07) is 12.2. The van der Waals surface area contributed by atoms with Gasteiger partial charge in [0.2, 0.25) is 0 Å². The minimum atomic E-state index is -0.716. The van der Waals surface area contributed by atoms with Crippen molar-refractivity contribution in [2.45, 2.75) is 0 Å². The standard InChI is InChI=1S/C24H28N2O12/c27-9-11-35-23(31)25-17-1-5-19(6-2-17)37-15-21(29)33-13-14-34-22(30)16-38-20-7-3-18(4-8-20)26-24(32)36-12-10-28/h1-8,27-28H,9-16H2,(H,25,31)(H,26,32). The summed E-state index contributed by atoms with van der Waals surface area (Å²) in [5, 5.41) is 22.1. The lowest BCUT2D eigenvalue weighted by atomic mass is 10.3. The van der Waals surface area contributed by atoms with Crippen LogP contribution in [0.2, 0.25) is 0 Å². The molecule has 0 radical (unpaired) electrons. The Kier molecular flexibility index (Phi) is 13.3. The average molecular weight is 536 g/mol. The van der Waals surface area contributed by atoms with Crippen LogP contribution in [-0.4, -0.2) is 87.2 Å². The van der Waals surface area contributed by atoms with Crippen LogP contribution in [-0.2, 0) is 28.5 Å². The number of rotatable bonds is 15. The van der Waals surface area contributed by atoms with Crippen LogP contribution < -0.4 is 20.1 Å². The number of nitrogens with one attached hydrogen (secondary N) is 2. The third-order valence-corrected chi connectivity index (χ3v) is 4.17. The lowest BCUT2D eigenvalue weighted by molar-refractivity contribution is -0.154. The predicted octanol–water partition coefficient (Wildman–Crippen LogP) is 1.31. The highest BCUT2D eigenvalue weighted by molar-refractivity contribution is 5.85. The average Bonchev–Trinajstić information content (AvgIpc) is 2.92. The van der Waals surface area contributed by atoms with Gasteiger partial charge in [0.05, 0.1) is 13.2 Å². The van der Waals surface area contributed by atoms with E-state index in [0.717, 1.165) is 0 Å². The molecule has 2 aromatic rings. The molecule has 0 fully saturated rings. The summed E-state index contributed by atoms with van der Waals surface area (Å²) in [4.78, 5) is 46.4. The van der Waals surface area contributed by atoms with Crippen LogP contribution in [0.4, 0.5) is 21.0 Å². The van der Waals surface area contributed by atoms with E-state index in [-0.39, 0.29) is 52.9 Å². The number of benzene rings is 2. The maximum atomic E-state index is 11.8. The molecule has 0 aromatic heterocycles. The second kappa shape index (κ2) is 17.0. The van der Waals surface area contributed by atoms with E-state index < -0.39 is 24.1 Å². The maximum absolute atomic E-state index is 11.8. The molecule has 2 rings (SSSR count). The van der Waals surface area contributed by atoms with Gasteiger partial charge in [0.15, 0.2) is 13.2 Å². The van der Waals surface area contributed by atoms with E-state index in [1.807, 2.05) is 0 Å². The van der Waals surface area contributed by atoms with Gasteiger partial charge in [-0.05, 0) is 48.5 Å². The van der Waals surface area contributed by atoms with Gasteiger partial charge in [0, 0.05) is 11.4 Å². The molecule has 0 spiro atoms. The number of esters is 2. The van der Waals surface area contributed by atoms with Crippen molar-refractivity contribution in [3.63, 3.8) is 0 Å². The minimum absolute atomic E-state index is 0.121. The Morgan fingerprint density at radius 2 is 0.921 bits per heavy atom. The van der Waals surface area contributed by atoms with Gasteiger partial charge >= 0.3 is 24.1 Å². The summed E-state index contributed by atoms with van der Waals surface area (Å²) in [7, 11) is 0. The van der Waals surface area contributed by atoms with Gasteiger partial charge in [0.25, 0.3) is 0 Å². The van der Waals surface area contributed by atoms with Crippen molar-refractivity contribution in [2.24, 2.45) is 0 Å².